The monoisotopic (exact) mass is 220 g/mol. The van der Waals surface area contributed by atoms with Crippen LogP contribution in [0.2, 0.25) is 0 Å². The number of Topliss-reactive ketones (excluding diaryl/α,β-unsaturated/α-hetero) is 1. The molecule has 3 aliphatic carbocycles. The van der Waals surface area contributed by atoms with Crippen LogP contribution < -0.4 is 0 Å². The molecule has 0 radical (unpaired) electrons. The van der Waals surface area contributed by atoms with Gasteiger partial charge in [0.2, 0.25) is 0 Å². The highest BCUT2D eigenvalue weighted by atomic mass is 16.3. The first-order chi connectivity index (χ1) is 7.34. The molecule has 0 aromatic carbocycles. The molecule has 0 aromatic rings. The average molecular weight is 220 g/mol. The quantitative estimate of drug-likeness (QED) is 0.637. The maximum absolute atomic E-state index is 12.5. The van der Waals surface area contributed by atoms with Gasteiger partial charge in [-0.3, -0.25) is 4.79 Å². The van der Waals surface area contributed by atoms with E-state index < -0.39 is 5.60 Å². The summed E-state index contributed by atoms with van der Waals surface area (Å²) >= 11 is 0. The van der Waals surface area contributed by atoms with E-state index in [0.29, 0.717) is 6.42 Å². The van der Waals surface area contributed by atoms with Gasteiger partial charge < -0.3 is 5.11 Å². The SMILES string of the molecule is CC12CCC(C(=O)[C@]3(O)CCC=C13)C2(C)C. The molecule has 0 aliphatic heterocycles. The van der Waals surface area contributed by atoms with E-state index in [1.807, 2.05) is 0 Å². The first-order valence-corrected chi connectivity index (χ1v) is 6.32. The maximum atomic E-state index is 12.5. The van der Waals surface area contributed by atoms with Gasteiger partial charge in [0, 0.05) is 5.92 Å². The molecule has 16 heavy (non-hydrogen) atoms. The van der Waals surface area contributed by atoms with E-state index >= 15 is 0 Å². The molecule has 2 bridgehead atoms. The molecular formula is C14H20O2. The van der Waals surface area contributed by atoms with Gasteiger partial charge in [-0.05, 0) is 42.1 Å². The van der Waals surface area contributed by atoms with Gasteiger partial charge in [-0.15, -0.1) is 0 Å². The standard InChI is InChI=1S/C14H20O2/c1-12(2)9-6-8-13(12,3)10-5-4-7-14(10,16)11(9)15/h5,9,16H,4,6-8H2,1-3H3/t9?,13?,14-/m0/s1. The number of rotatable bonds is 0. The smallest absolute Gasteiger partial charge is 0.172 e. The van der Waals surface area contributed by atoms with Crippen molar-refractivity contribution < 1.29 is 9.90 Å². The molecule has 2 saturated carbocycles. The first kappa shape index (κ1) is 10.5. The van der Waals surface area contributed by atoms with Crippen LogP contribution in [-0.4, -0.2) is 16.5 Å². The Kier molecular flexibility index (Phi) is 1.72. The number of allylic oxidation sites excluding steroid dienone is 1. The van der Waals surface area contributed by atoms with Crippen molar-refractivity contribution >= 4 is 5.78 Å². The van der Waals surface area contributed by atoms with Gasteiger partial charge in [-0.1, -0.05) is 26.8 Å². The molecular weight excluding hydrogens is 200 g/mol. The van der Waals surface area contributed by atoms with E-state index in [2.05, 4.69) is 26.8 Å². The predicted molar refractivity (Wildman–Crippen MR) is 61.9 cm³/mol. The topological polar surface area (TPSA) is 37.3 Å². The molecule has 0 spiro atoms. The van der Waals surface area contributed by atoms with Gasteiger partial charge in [0.1, 0.15) is 5.60 Å². The van der Waals surface area contributed by atoms with Gasteiger partial charge in [-0.25, -0.2) is 0 Å². The molecule has 88 valence electrons. The summed E-state index contributed by atoms with van der Waals surface area (Å²) in [5, 5.41) is 10.6. The second kappa shape index (κ2) is 2.61. The molecule has 0 heterocycles. The second-order valence-electron chi connectivity index (χ2n) is 6.53. The second-order valence-corrected chi connectivity index (χ2v) is 6.53. The lowest BCUT2D eigenvalue weighted by molar-refractivity contribution is -0.149. The van der Waals surface area contributed by atoms with Gasteiger partial charge in [0.05, 0.1) is 0 Å². The number of aliphatic hydroxyl groups is 1. The summed E-state index contributed by atoms with van der Waals surface area (Å²) in [7, 11) is 0. The van der Waals surface area contributed by atoms with Crippen molar-refractivity contribution in [3.05, 3.63) is 11.6 Å². The summed E-state index contributed by atoms with van der Waals surface area (Å²) < 4.78 is 0. The minimum Gasteiger partial charge on any atom is -0.378 e. The first-order valence-electron chi connectivity index (χ1n) is 6.32. The molecule has 3 rings (SSSR count). The Balaban J connectivity index is 2.24. The minimum atomic E-state index is -1.11. The molecule has 1 N–H and O–H groups in total. The largest absolute Gasteiger partial charge is 0.378 e. The number of ketones is 1. The van der Waals surface area contributed by atoms with E-state index in [4.69, 9.17) is 0 Å². The van der Waals surface area contributed by atoms with Crippen molar-refractivity contribution in [2.75, 3.05) is 0 Å². The summed E-state index contributed by atoms with van der Waals surface area (Å²) in [5.41, 5.74) is -0.0434. The van der Waals surface area contributed by atoms with Crippen LogP contribution in [0.5, 0.6) is 0 Å². The van der Waals surface area contributed by atoms with E-state index in [1.54, 1.807) is 0 Å². The lowest BCUT2D eigenvalue weighted by Crippen LogP contribution is -2.57. The average Bonchev–Trinajstić information content (AvgIpc) is 2.66. The number of hydrogen-bond acceptors (Lipinski definition) is 2. The van der Waals surface area contributed by atoms with E-state index in [9.17, 15) is 9.90 Å². The van der Waals surface area contributed by atoms with Crippen molar-refractivity contribution in [1.29, 1.82) is 0 Å². The van der Waals surface area contributed by atoms with Crippen LogP contribution in [0.1, 0.15) is 46.5 Å². The third-order valence-electron chi connectivity index (χ3n) is 5.85. The highest BCUT2D eigenvalue weighted by Crippen LogP contribution is 2.67. The summed E-state index contributed by atoms with van der Waals surface area (Å²) in [5.74, 6) is 0.147. The molecule has 3 aliphatic rings. The Morgan fingerprint density at radius 1 is 1.31 bits per heavy atom. The number of fused-ring (bicyclic) bond motifs is 4. The van der Waals surface area contributed by atoms with Crippen LogP contribution in [0.15, 0.2) is 11.6 Å². The summed E-state index contributed by atoms with van der Waals surface area (Å²) in [6.45, 7) is 6.63. The predicted octanol–water partition coefficient (Wildman–Crippen LogP) is 2.46. The molecule has 2 fully saturated rings. The normalized spacial score (nSPS) is 49.1. The molecule has 2 unspecified atom stereocenters. The summed E-state index contributed by atoms with van der Waals surface area (Å²) in [6, 6.07) is 0. The van der Waals surface area contributed by atoms with Crippen LogP contribution in [0, 0.1) is 16.7 Å². The Morgan fingerprint density at radius 3 is 2.69 bits per heavy atom. The fourth-order valence-electron chi connectivity index (χ4n) is 4.40. The van der Waals surface area contributed by atoms with E-state index in [0.717, 1.165) is 24.8 Å². The third kappa shape index (κ3) is 0.839. The third-order valence-corrected chi connectivity index (χ3v) is 5.85. The van der Waals surface area contributed by atoms with Crippen molar-refractivity contribution in [3.8, 4) is 0 Å². The lowest BCUT2D eigenvalue weighted by Gasteiger charge is -2.51. The molecule has 0 amide bonds. The summed E-state index contributed by atoms with van der Waals surface area (Å²) in [4.78, 5) is 12.5. The van der Waals surface area contributed by atoms with Crippen LogP contribution >= 0.6 is 0 Å². The molecule has 0 saturated heterocycles. The van der Waals surface area contributed by atoms with Crippen molar-refractivity contribution in [3.63, 3.8) is 0 Å². The molecule has 0 aromatic heterocycles. The van der Waals surface area contributed by atoms with Crippen molar-refractivity contribution in [1.82, 2.24) is 0 Å². The number of carbonyl (C=O) groups excluding carboxylic acids is 1. The molecule has 3 atom stereocenters. The van der Waals surface area contributed by atoms with Crippen LogP contribution in [-0.2, 0) is 4.79 Å². The fourth-order valence-corrected chi connectivity index (χ4v) is 4.40. The molecule has 2 nitrogen and oxygen atoms in total. The molecule has 2 heteroatoms. The Morgan fingerprint density at radius 2 is 2.00 bits per heavy atom. The van der Waals surface area contributed by atoms with Gasteiger partial charge in [0.25, 0.3) is 0 Å². The van der Waals surface area contributed by atoms with Crippen molar-refractivity contribution in [2.24, 2.45) is 16.7 Å². The van der Waals surface area contributed by atoms with Gasteiger partial charge >= 0.3 is 0 Å². The van der Waals surface area contributed by atoms with Crippen LogP contribution in [0.25, 0.3) is 0 Å². The van der Waals surface area contributed by atoms with Crippen LogP contribution in [0.3, 0.4) is 0 Å². The lowest BCUT2D eigenvalue weighted by atomic mass is 9.53. The zero-order chi connectivity index (χ0) is 11.8. The van der Waals surface area contributed by atoms with Crippen LogP contribution in [0.4, 0.5) is 0 Å². The minimum absolute atomic E-state index is 0.00644. The fraction of sp³-hybridized carbons (Fsp3) is 0.786. The van der Waals surface area contributed by atoms with Gasteiger partial charge in [-0.2, -0.15) is 0 Å². The Hall–Kier alpha value is -0.630. The number of carbonyl (C=O) groups is 1. The number of hydrogen-bond donors (Lipinski definition) is 1. The van der Waals surface area contributed by atoms with E-state index in [-0.39, 0.29) is 22.5 Å². The highest BCUT2D eigenvalue weighted by molar-refractivity contribution is 5.96. The van der Waals surface area contributed by atoms with Crippen molar-refractivity contribution in [2.45, 2.75) is 52.1 Å². The van der Waals surface area contributed by atoms with Gasteiger partial charge in [0.15, 0.2) is 5.78 Å². The highest BCUT2D eigenvalue weighted by Gasteiger charge is 2.67. The Bertz CT molecular complexity index is 407. The summed E-state index contributed by atoms with van der Waals surface area (Å²) in [6.07, 6.45) is 5.59. The maximum Gasteiger partial charge on any atom is 0.172 e. The zero-order valence-corrected chi connectivity index (χ0v) is 10.3. The van der Waals surface area contributed by atoms with E-state index in [1.165, 1.54) is 0 Å². The Labute approximate surface area is 96.7 Å². The zero-order valence-electron chi connectivity index (χ0n) is 10.3.